The predicted octanol–water partition coefficient (Wildman–Crippen LogP) is 9.41. The first kappa shape index (κ1) is 43.8. The maximum Gasteiger partial charge on any atom is 0.244 e. The monoisotopic (exact) mass is 948 g/mol. The zero-order chi connectivity index (χ0) is 41.7. The highest BCUT2D eigenvalue weighted by Crippen LogP contribution is 2.34. The number of thiazole rings is 2. The largest absolute Gasteiger partial charge is 0.345 e. The number of rotatable bonds is 10. The van der Waals surface area contributed by atoms with Crippen molar-refractivity contribution in [1.82, 2.24) is 18.6 Å². The minimum atomic E-state index is -3.69. The first-order valence-corrected chi connectivity index (χ1v) is 24.8. The van der Waals surface area contributed by atoms with Gasteiger partial charge in [0.2, 0.25) is 20.0 Å². The fourth-order valence-electron chi connectivity index (χ4n) is 6.74. The molecule has 10 nitrogen and oxygen atoms in total. The molecule has 2 aliphatic rings. The van der Waals surface area contributed by atoms with Crippen molar-refractivity contribution >= 4 is 99.4 Å². The van der Waals surface area contributed by atoms with Crippen molar-refractivity contribution in [3.8, 4) is 0 Å². The van der Waals surface area contributed by atoms with Crippen LogP contribution in [-0.4, -0.2) is 87.8 Å². The molecule has 0 N–H and O–H groups in total. The quantitative estimate of drug-likeness (QED) is 0.134. The summed E-state index contributed by atoms with van der Waals surface area (Å²) in [6, 6.07) is 27.9. The van der Waals surface area contributed by atoms with Gasteiger partial charge in [-0.15, -0.1) is 22.7 Å². The molecule has 6 aromatic rings. The van der Waals surface area contributed by atoms with Gasteiger partial charge in [-0.2, -0.15) is 8.61 Å². The maximum absolute atomic E-state index is 13.0. The normalized spacial score (nSPS) is 15.5. The van der Waals surface area contributed by atoms with E-state index in [0.717, 1.165) is 34.5 Å². The van der Waals surface area contributed by atoms with Crippen LogP contribution in [-0.2, 0) is 32.9 Å². The van der Waals surface area contributed by atoms with Crippen LogP contribution in [0.2, 0.25) is 20.1 Å². The van der Waals surface area contributed by atoms with Crippen molar-refractivity contribution in [3.05, 3.63) is 150 Å². The Labute approximate surface area is 373 Å². The van der Waals surface area contributed by atoms with E-state index in [9.17, 15) is 16.8 Å². The van der Waals surface area contributed by atoms with Gasteiger partial charge in [0, 0.05) is 76.0 Å². The van der Waals surface area contributed by atoms with E-state index in [1.165, 1.54) is 37.4 Å². The van der Waals surface area contributed by atoms with Crippen LogP contribution in [0.4, 0.5) is 10.3 Å². The molecule has 18 heteroatoms. The Hall–Kier alpha value is -3.28. The van der Waals surface area contributed by atoms with Crippen LogP contribution in [0.15, 0.2) is 112 Å². The Balaban J connectivity index is 0.000000179. The number of benzene rings is 4. The van der Waals surface area contributed by atoms with Crippen LogP contribution in [0.25, 0.3) is 0 Å². The summed E-state index contributed by atoms with van der Waals surface area (Å²) in [4.78, 5) is 13.9. The summed E-state index contributed by atoms with van der Waals surface area (Å²) in [6.07, 6.45) is 1.59. The van der Waals surface area contributed by atoms with Crippen LogP contribution in [0, 0.1) is 6.92 Å². The highest BCUT2D eigenvalue weighted by atomic mass is 35.5. The summed E-state index contributed by atoms with van der Waals surface area (Å²) in [6.45, 7) is 5.91. The van der Waals surface area contributed by atoms with E-state index < -0.39 is 20.0 Å². The second kappa shape index (κ2) is 19.2. The Morgan fingerprint density at radius 3 is 1.46 bits per heavy atom. The summed E-state index contributed by atoms with van der Waals surface area (Å²) in [5.74, 6) is 0. The van der Waals surface area contributed by atoms with Crippen LogP contribution >= 0.6 is 69.1 Å². The molecule has 59 heavy (non-hydrogen) atoms. The van der Waals surface area contributed by atoms with Gasteiger partial charge in [0.25, 0.3) is 0 Å². The Bertz CT molecular complexity index is 2610. The molecular formula is C41H40Cl4N6O4S4. The molecular weight excluding hydrogens is 911 g/mol. The lowest BCUT2D eigenvalue weighted by Crippen LogP contribution is -2.48. The molecule has 4 aromatic carbocycles. The third-order valence-corrected chi connectivity index (χ3v) is 17.7. The van der Waals surface area contributed by atoms with Crippen LogP contribution < -0.4 is 9.80 Å². The molecule has 0 bridgehead atoms. The van der Waals surface area contributed by atoms with E-state index in [-0.39, 0.29) is 29.9 Å². The van der Waals surface area contributed by atoms with Crippen molar-refractivity contribution in [2.45, 2.75) is 29.6 Å². The van der Waals surface area contributed by atoms with Gasteiger partial charge in [0.1, 0.15) is 9.79 Å². The molecule has 0 amide bonds. The molecule has 2 fully saturated rings. The number of hydrogen-bond donors (Lipinski definition) is 0. The number of nitrogens with zero attached hydrogens (tertiary/aromatic N) is 6. The van der Waals surface area contributed by atoms with Gasteiger partial charge >= 0.3 is 0 Å². The minimum absolute atomic E-state index is 0.0551. The molecule has 0 saturated carbocycles. The van der Waals surface area contributed by atoms with Crippen molar-refractivity contribution in [1.29, 1.82) is 0 Å². The van der Waals surface area contributed by atoms with Gasteiger partial charge in [-0.05, 0) is 47.9 Å². The third kappa shape index (κ3) is 10.3. The SMILES string of the molecule is Cc1ccccc1Cc1csc(N2CCN(S(=O)(=O)c3cccc(Cl)c3Cl)CC2)n1.O=S(=O)(c1cccc(Cl)c1Cl)N1CCN(c2nc(Cc3ccccc3)cs2)CC1. The van der Waals surface area contributed by atoms with Gasteiger partial charge in [-0.1, -0.05) is 113 Å². The fraction of sp³-hybridized carbons (Fsp3) is 0.268. The Morgan fingerprint density at radius 2 is 0.983 bits per heavy atom. The van der Waals surface area contributed by atoms with Crippen LogP contribution in [0.1, 0.15) is 28.1 Å². The molecule has 310 valence electrons. The first-order chi connectivity index (χ1) is 28.3. The van der Waals surface area contributed by atoms with E-state index in [1.54, 1.807) is 46.9 Å². The molecule has 8 rings (SSSR count). The summed E-state index contributed by atoms with van der Waals surface area (Å²) in [5, 5.41) is 6.61. The number of sulfonamides is 2. The van der Waals surface area contributed by atoms with Crippen LogP contribution in [0.3, 0.4) is 0 Å². The molecule has 0 spiro atoms. The lowest BCUT2D eigenvalue weighted by molar-refractivity contribution is 0.384. The Kier molecular flexibility index (Phi) is 14.2. The number of halogens is 4. The van der Waals surface area contributed by atoms with Gasteiger partial charge in [0.05, 0.1) is 31.5 Å². The lowest BCUT2D eigenvalue weighted by Gasteiger charge is -2.34. The van der Waals surface area contributed by atoms with Gasteiger partial charge in [-0.3, -0.25) is 0 Å². The zero-order valence-corrected chi connectivity index (χ0v) is 38.1. The molecule has 4 heterocycles. The number of aryl methyl sites for hydroxylation is 1. The minimum Gasteiger partial charge on any atom is -0.345 e. The van der Waals surface area contributed by atoms with E-state index in [1.807, 2.05) is 30.3 Å². The van der Waals surface area contributed by atoms with E-state index >= 15 is 0 Å². The summed E-state index contributed by atoms with van der Waals surface area (Å²) < 4.78 is 54.8. The molecule has 0 unspecified atom stereocenters. The number of aromatic nitrogens is 2. The van der Waals surface area contributed by atoms with E-state index in [2.05, 4.69) is 51.7 Å². The Morgan fingerprint density at radius 1 is 0.542 bits per heavy atom. The number of piperazine rings is 2. The average molecular weight is 951 g/mol. The maximum atomic E-state index is 13.0. The van der Waals surface area contributed by atoms with Gasteiger partial charge < -0.3 is 9.80 Å². The summed E-state index contributed by atoms with van der Waals surface area (Å²) >= 11 is 27.5. The van der Waals surface area contributed by atoms with Crippen molar-refractivity contribution in [2.75, 3.05) is 62.2 Å². The molecule has 2 aromatic heterocycles. The topological polar surface area (TPSA) is 107 Å². The molecule has 2 saturated heterocycles. The molecule has 0 aliphatic carbocycles. The van der Waals surface area contributed by atoms with E-state index in [0.29, 0.717) is 52.4 Å². The number of anilines is 2. The van der Waals surface area contributed by atoms with Crippen molar-refractivity contribution < 1.29 is 16.8 Å². The highest BCUT2D eigenvalue weighted by molar-refractivity contribution is 7.89. The summed E-state index contributed by atoms with van der Waals surface area (Å²) in [7, 11) is -7.37. The second-order valence-corrected chi connectivity index (χ2v) is 21.0. The predicted molar refractivity (Wildman–Crippen MR) is 242 cm³/mol. The molecule has 2 aliphatic heterocycles. The molecule has 0 atom stereocenters. The van der Waals surface area contributed by atoms with E-state index in [4.69, 9.17) is 56.4 Å². The van der Waals surface area contributed by atoms with Crippen molar-refractivity contribution in [2.24, 2.45) is 0 Å². The lowest BCUT2D eigenvalue weighted by atomic mass is 10.1. The smallest absolute Gasteiger partial charge is 0.244 e. The first-order valence-electron chi connectivity index (χ1n) is 18.7. The number of hydrogen-bond acceptors (Lipinski definition) is 10. The zero-order valence-electron chi connectivity index (χ0n) is 31.8. The van der Waals surface area contributed by atoms with Gasteiger partial charge in [-0.25, -0.2) is 26.8 Å². The van der Waals surface area contributed by atoms with Crippen LogP contribution in [0.5, 0.6) is 0 Å². The standard InChI is InChI=1S/C21H21Cl2N3O2S2.C20H19Cl2N3O2S2/c1-15-5-2-3-6-16(15)13-17-14-29-21(24-17)25-9-11-26(12-10-25)30(27,28)19-8-4-7-18(22)20(19)23;21-17-7-4-8-18(19(17)22)29(26,27)25-11-9-24(10-12-25)20-23-16(14-28-20)13-15-5-2-1-3-6-15/h2-8,14H,9-13H2,1H3;1-8,14H,9-13H2. The van der Waals surface area contributed by atoms with Crippen molar-refractivity contribution in [3.63, 3.8) is 0 Å². The average Bonchev–Trinajstić information content (AvgIpc) is 3.92. The second-order valence-electron chi connectivity index (χ2n) is 13.9. The fourth-order valence-corrected chi connectivity index (χ4v) is 12.8. The third-order valence-electron chi connectivity index (χ3n) is 10.0. The van der Waals surface area contributed by atoms with Gasteiger partial charge in [0.15, 0.2) is 10.3 Å². The highest BCUT2D eigenvalue weighted by Gasteiger charge is 2.33. The summed E-state index contributed by atoms with van der Waals surface area (Å²) in [5.41, 5.74) is 5.80. The molecule has 0 radical (unpaired) electrons.